The van der Waals surface area contributed by atoms with Crippen LogP contribution in [0.3, 0.4) is 0 Å². The highest BCUT2D eigenvalue weighted by Crippen LogP contribution is 2.25. The first kappa shape index (κ1) is 15.2. The molecule has 1 rings (SSSR count). The van der Waals surface area contributed by atoms with Gasteiger partial charge in [0.1, 0.15) is 0 Å². The molecule has 4 heteroatoms. The lowest BCUT2D eigenvalue weighted by atomic mass is 10.1. The summed E-state index contributed by atoms with van der Waals surface area (Å²) in [7, 11) is 0. The van der Waals surface area contributed by atoms with Crippen molar-refractivity contribution in [2.75, 3.05) is 13.2 Å². The van der Waals surface area contributed by atoms with Crippen LogP contribution >= 0.6 is 31.9 Å². The van der Waals surface area contributed by atoms with Crippen molar-refractivity contribution >= 4 is 31.9 Å². The lowest BCUT2D eigenvalue weighted by Crippen LogP contribution is -2.35. The van der Waals surface area contributed by atoms with E-state index in [1.807, 2.05) is 26.8 Å². The Balaban J connectivity index is 2.85. The maximum Gasteiger partial charge on any atom is 0.169 e. The van der Waals surface area contributed by atoms with Gasteiger partial charge in [0.2, 0.25) is 0 Å². The number of hydrogen-bond acceptors (Lipinski definition) is 2. The minimum absolute atomic E-state index is 0.552. The minimum atomic E-state index is -0.552. The monoisotopic (exact) mass is 364 g/mol. The SMILES string of the molecule is CCOC(C)(Cc1cc(Br)cc(Br)c1)OCC. The molecule has 0 aliphatic rings. The Hall–Kier alpha value is 0.1000. The van der Waals surface area contributed by atoms with E-state index in [1.165, 1.54) is 5.56 Å². The van der Waals surface area contributed by atoms with Crippen LogP contribution in [0.5, 0.6) is 0 Å². The van der Waals surface area contributed by atoms with Crippen molar-refractivity contribution in [3.8, 4) is 0 Å². The van der Waals surface area contributed by atoms with Gasteiger partial charge in [-0.25, -0.2) is 0 Å². The highest BCUT2D eigenvalue weighted by atomic mass is 79.9. The number of ether oxygens (including phenoxy) is 2. The van der Waals surface area contributed by atoms with E-state index in [0.29, 0.717) is 13.2 Å². The van der Waals surface area contributed by atoms with Crippen molar-refractivity contribution < 1.29 is 9.47 Å². The zero-order valence-corrected chi connectivity index (χ0v) is 13.6. The van der Waals surface area contributed by atoms with Gasteiger partial charge in [-0.15, -0.1) is 0 Å². The molecule has 0 spiro atoms. The summed E-state index contributed by atoms with van der Waals surface area (Å²) < 4.78 is 13.5. The highest BCUT2D eigenvalue weighted by Gasteiger charge is 2.25. The van der Waals surface area contributed by atoms with E-state index in [-0.39, 0.29) is 0 Å². The third-order valence-electron chi connectivity index (χ3n) is 2.35. The van der Waals surface area contributed by atoms with Gasteiger partial charge in [-0.1, -0.05) is 31.9 Å². The summed E-state index contributed by atoms with van der Waals surface area (Å²) in [6, 6.07) is 6.18. The molecule has 0 radical (unpaired) electrons. The normalized spacial score (nSPS) is 11.8. The standard InChI is InChI=1S/C13H18Br2O2/c1-4-16-13(3,17-5-2)9-10-6-11(14)8-12(15)7-10/h6-8H,4-5,9H2,1-3H3. The lowest BCUT2D eigenvalue weighted by molar-refractivity contribution is -0.219. The zero-order chi connectivity index (χ0) is 12.9. The Labute approximate surface area is 120 Å². The molecule has 0 amide bonds. The number of benzene rings is 1. The molecule has 1 aromatic carbocycles. The molecule has 0 aromatic heterocycles. The summed E-state index contributed by atoms with van der Waals surface area (Å²) in [5.41, 5.74) is 1.18. The summed E-state index contributed by atoms with van der Waals surface area (Å²) >= 11 is 6.97. The molecule has 17 heavy (non-hydrogen) atoms. The Bertz CT molecular complexity index is 340. The van der Waals surface area contributed by atoms with E-state index in [2.05, 4.69) is 44.0 Å². The van der Waals surface area contributed by atoms with Gasteiger partial charge in [0, 0.05) is 28.6 Å². The molecule has 0 saturated heterocycles. The van der Waals surface area contributed by atoms with Crippen LogP contribution in [0.4, 0.5) is 0 Å². The van der Waals surface area contributed by atoms with Gasteiger partial charge in [0.15, 0.2) is 5.79 Å². The van der Waals surface area contributed by atoms with Gasteiger partial charge in [-0.3, -0.25) is 0 Å². The van der Waals surface area contributed by atoms with Crippen LogP contribution in [0.2, 0.25) is 0 Å². The predicted octanol–water partition coefficient (Wildman–Crippen LogP) is 4.54. The van der Waals surface area contributed by atoms with Crippen molar-refractivity contribution in [2.45, 2.75) is 33.0 Å². The first-order valence-electron chi connectivity index (χ1n) is 5.72. The average molecular weight is 366 g/mol. The molecule has 0 atom stereocenters. The zero-order valence-electron chi connectivity index (χ0n) is 10.4. The van der Waals surface area contributed by atoms with Crippen molar-refractivity contribution in [3.63, 3.8) is 0 Å². The second-order valence-electron chi connectivity index (χ2n) is 3.95. The molecule has 0 aliphatic carbocycles. The summed E-state index contributed by atoms with van der Waals surface area (Å²) in [4.78, 5) is 0. The molecule has 0 heterocycles. The van der Waals surface area contributed by atoms with E-state index in [1.54, 1.807) is 0 Å². The molecule has 0 aliphatic heterocycles. The number of halogens is 2. The van der Waals surface area contributed by atoms with Crippen molar-refractivity contribution in [1.29, 1.82) is 0 Å². The van der Waals surface area contributed by atoms with E-state index in [4.69, 9.17) is 9.47 Å². The van der Waals surface area contributed by atoms with Gasteiger partial charge in [0.05, 0.1) is 0 Å². The van der Waals surface area contributed by atoms with Crippen molar-refractivity contribution in [3.05, 3.63) is 32.7 Å². The second-order valence-corrected chi connectivity index (χ2v) is 5.79. The third kappa shape index (κ3) is 5.08. The Morgan fingerprint density at radius 3 is 1.88 bits per heavy atom. The van der Waals surface area contributed by atoms with E-state index >= 15 is 0 Å². The molecule has 0 fully saturated rings. The van der Waals surface area contributed by atoms with Crippen molar-refractivity contribution in [2.24, 2.45) is 0 Å². The number of hydrogen-bond donors (Lipinski definition) is 0. The van der Waals surface area contributed by atoms with Crippen LogP contribution in [0.15, 0.2) is 27.1 Å². The summed E-state index contributed by atoms with van der Waals surface area (Å²) in [6.07, 6.45) is 0.729. The smallest absolute Gasteiger partial charge is 0.169 e. The van der Waals surface area contributed by atoms with E-state index in [9.17, 15) is 0 Å². The highest BCUT2D eigenvalue weighted by molar-refractivity contribution is 9.11. The largest absolute Gasteiger partial charge is 0.350 e. The second kappa shape index (κ2) is 6.88. The van der Waals surface area contributed by atoms with E-state index < -0.39 is 5.79 Å². The molecule has 0 N–H and O–H groups in total. The van der Waals surface area contributed by atoms with Gasteiger partial charge in [-0.2, -0.15) is 0 Å². The fourth-order valence-corrected chi connectivity index (χ4v) is 3.23. The third-order valence-corrected chi connectivity index (χ3v) is 3.26. The van der Waals surface area contributed by atoms with Gasteiger partial charge in [0.25, 0.3) is 0 Å². The van der Waals surface area contributed by atoms with Gasteiger partial charge in [-0.05, 0) is 44.5 Å². The maximum absolute atomic E-state index is 5.70. The van der Waals surface area contributed by atoms with Gasteiger partial charge >= 0.3 is 0 Å². The molecule has 0 saturated carbocycles. The molecule has 0 unspecified atom stereocenters. The molecular formula is C13H18Br2O2. The first-order valence-corrected chi connectivity index (χ1v) is 7.30. The number of rotatable bonds is 6. The molecule has 1 aromatic rings. The fraction of sp³-hybridized carbons (Fsp3) is 0.538. The quantitative estimate of drug-likeness (QED) is 0.689. The summed E-state index contributed by atoms with van der Waals surface area (Å²) in [6.45, 7) is 7.23. The van der Waals surface area contributed by atoms with Crippen LogP contribution in [0, 0.1) is 0 Å². The Morgan fingerprint density at radius 1 is 1.00 bits per heavy atom. The topological polar surface area (TPSA) is 18.5 Å². The summed E-state index contributed by atoms with van der Waals surface area (Å²) in [5, 5.41) is 0. The molecular weight excluding hydrogens is 348 g/mol. The molecule has 96 valence electrons. The minimum Gasteiger partial charge on any atom is -0.350 e. The van der Waals surface area contributed by atoms with Crippen molar-refractivity contribution in [1.82, 2.24) is 0 Å². The molecule has 0 bridgehead atoms. The lowest BCUT2D eigenvalue weighted by Gasteiger charge is -2.29. The van der Waals surface area contributed by atoms with Crippen LogP contribution in [-0.4, -0.2) is 19.0 Å². The van der Waals surface area contributed by atoms with Crippen LogP contribution in [0.1, 0.15) is 26.3 Å². The maximum atomic E-state index is 5.70. The first-order chi connectivity index (χ1) is 7.99. The summed E-state index contributed by atoms with van der Waals surface area (Å²) in [5.74, 6) is -0.552. The average Bonchev–Trinajstić information content (AvgIpc) is 2.15. The predicted molar refractivity (Wildman–Crippen MR) is 77.2 cm³/mol. The van der Waals surface area contributed by atoms with Crippen LogP contribution < -0.4 is 0 Å². The van der Waals surface area contributed by atoms with Crippen LogP contribution in [0.25, 0.3) is 0 Å². The van der Waals surface area contributed by atoms with E-state index in [0.717, 1.165) is 15.4 Å². The van der Waals surface area contributed by atoms with Gasteiger partial charge < -0.3 is 9.47 Å². The Kier molecular flexibility index (Phi) is 6.13. The Morgan fingerprint density at radius 2 is 1.47 bits per heavy atom. The van der Waals surface area contributed by atoms with Crippen LogP contribution in [-0.2, 0) is 15.9 Å². The molecule has 2 nitrogen and oxygen atoms in total. The fourth-order valence-electron chi connectivity index (χ4n) is 1.84.